The fraction of sp³-hybridized carbons (Fsp3) is 0.133. The van der Waals surface area contributed by atoms with Gasteiger partial charge >= 0.3 is 10.4 Å². The first-order chi connectivity index (χ1) is 10.3. The van der Waals surface area contributed by atoms with E-state index in [9.17, 15) is 13.2 Å². The van der Waals surface area contributed by atoms with E-state index in [1.54, 1.807) is 18.2 Å². The number of rotatable bonds is 3. The van der Waals surface area contributed by atoms with Crippen LogP contribution >= 0.6 is 0 Å². The molecule has 0 saturated heterocycles. The van der Waals surface area contributed by atoms with E-state index in [1.807, 2.05) is 24.3 Å². The quantitative estimate of drug-likeness (QED) is 0.592. The summed E-state index contributed by atoms with van der Waals surface area (Å²) in [5.74, 6) is -0.659. The predicted molar refractivity (Wildman–Crippen MR) is 80.5 cm³/mol. The van der Waals surface area contributed by atoms with Gasteiger partial charge in [0.25, 0.3) is 0 Å². The summed E-state index contributed by atoms with van der Waals surface area (Å²) in [4.78, 5) is 11.6. The molecule has 0 aromatic heterocycles. The van der Waals surface area contributed by atoms with Crippen molar-refractivity contribution in [1.29, 1.82) is 0 Å². The Bertz CT molecular complexity index is 860. The second-order valence-electron chi connectivity index (χ2n) is 4.99. The second-order valence-corrected chi connectivity index (χ2v) is 6.00. The zero-order chi connectivity index (χ0) is 15.9. The summed E-state index contributed by atoms with van der Waals surface area (Å²) in [5.41, 5.74) is 4.53. The molecule has 2 aromatic carbocycles. The third-order valence-corrected chi connectivity index (χ3v) is 3.80. The minimum atomic E-state index is -4.78. The molecule has 0 saturated carbocycles. The number of hydroxylamine groups is 1. The number of fused-ring (bicyclic) bond motifs is 3. The molecule has 3 rings (SSSR count). The average Bonchev–Trinajstić information content (AvgIpc) is 2.81. The Morgan fingerprint density at radius 3 is 2.50 bits per heavy atom. The number of carbonyl (C=O) groups excluding carboxylic acids is 1. The summed E-state index contributed by atoms with van der Waals surface area (Å²) >= 11 is 0. The fourth-order valence-corrected chi connectivity index (χ4v) is 3.01. The van der Waals surface area contributed by atoms with Crippen LogP contribution in [0.15, 0.2) is 42.5 Å². The van der Waals surface area contributed by atoms with Crippen molar-refractivity contribution in [3.8, 4) is 11.1 Å². The highest BCUT2D eigenvalue weighted by atomic mass is 32.3. The molecule has 2 aromatic rings. The molecule has 1 N–H and O–H groups in total. The molecule has 1 amide bonds. The van der Waals surface area contributed by atoms with Gasteiger partial charge in [0.1, 0.15) is 0 Å². The number of hydrogen-bond donors (Lipinski definition) is 1. The van der Waals surface area contributed by atoms with Crippen LogP contribution in [0.4, 0.5) is 5.69 Å². The summed E-state index contributed by atoms with van der Waals surface area (Å²) in [7, 11) is -4.78. The Balaban J connectivity index is 2.01. The van der Waals surface area contributed by atoms with Crippen molar-refractivity contribution in [2.45, 2.75) is 13.3 Å². The summed E-state index contributed by atoms with van der Waals surface area (Å²) in [6.45, 7) is 1.15. The van der Waals surface area contributed by atoms with Crippen LogP contribution in [-0.2, 0) is 25.9 Å². The van der Waals surface area contributed by atoms with E-state index in [0.717, 1.165) is 23.6 Å². The van der Waals surface area contributed by atoms with Crippen LogP contribution < -0.4 is 5.06 Å². The van der Waals surface area contributed by atoms with Gasteiger partial charge in [-0.25, -0.2) is 0 Å². The van der Waals surface area contributed by atoms with Gasteiger partial charge in [-0.1, -0.05) is 30.3 Å². The third-order valence-electron chi connectivity index (χ3n) is 3.47. The SMILES string of the molecule is CC(=O)N(OS(=O)(=O)O)c1ccc2c(c1)Cc1ccccc1-2. The topological polar surface area (TPSA) is 83.9 Å². The van der Waals surface area contributed by atoms with Crippen LogP contribution in [0.1, 0.15) is 18.1 Å². The Morgan fingerprint density at radius 1 is 1.14 bits per heavy atom. The van der Waals surface area contributed by atoms with Gasteiger partial charge in [-0.15, -0.1) is 4.28 Å². The van der Waals surface area contributed by atoms with Gasteiger partial charge in [0.05, 0.1) is 5.69 Å². The van der Waals surface area contributed by atoms with Gasteiger partial charge in [-0.05, 0) is 40.8 Å². The molecule has 0 unspecified atom stereocenters. The number of amides is 1. The van der Waals surface area contributed by atoms with Crippen molar-refractivity contribution in [2.75, 3.05) is 5.06 Å². The normalized spacial score (nSPS) is 12.6. The lowest BCUT2D eigenvalue weighted by Gasteiger charge is -2.18. The van der Waals surface area contributed by atoms with E-state index in [2.05, 4.69) is 4.28 Å². The molecule has 22 heavy (non-hydrogen) atoms. The molecule has 0 atom stereocenters. The first kappa shape index (κ1) is 14.7. The number of hydrogen-bond acceptors (Lipinski definition) is 4. The second kappa shape index (κ2) is 5.20. The maximum atomic E-state index is 11.6. The van der Waals surface area contributed by atoms with Gasteiger partial charge in [0, 0.05) is 6.92 Å². The Kier molecular flexibility index (Phi) is 3.48. The molecule has 7 heteroatoms. The van der Waals surface area contributed by atoms with E-state index in [-0.39, 0.29) is 5.69 Å². The van der Waals surface area contributed by atoms with Gasteiger partial charge in [-0.3, -0.25) is 9.35 Å². The van der Waals surface area contributed by atoms with Crippen LogP contribution in [-0.4, -0.2) is 18.9 Å². The Hall–Kier alpha value is -2.22. The molecule has 1 aliphatic rings. The first-order valence-electron chi connectivity index (χ1n) is 6.54. The molecule has 0 radical (unpaired) electrons. The maximum Gasteiger partial charge on any atom is 0.418 e. The molecule has 1 aliphatic carbocycles. The lowest BCUT2D eigenvalue weighted by atomic mass is 10.1. The summed E-state index contributed by atoms with van der Waals surface area (Å²) in [5, 5.41) is 0.554. The molecule has 0 spiro atoms. The van der Waals surface area contributed by atoms with Crippen molar-refractivity contribution >= 4 is 22.0 Å². The standard InChI is InChI=1S/C15H13NO5S/c1-10(17)16(21-22(18,19)20)13-6-7-15-12(9-13)8-11-4-2-3-5-14(11)15/h2-7,9H,8H2,1H3,(H,18,19,20). The third kappa shape index (κ3) is 2.74. The van der Waals surface area contributed by atoms with E-state index in [4.69, 9.17) is 4.55 Å². The molecule has 0 heterocycles. The van der Waals surface area contributed by atoms with Crippen molar-refractivity contribution in [1.82, 2.24) is 0 Å². The highest BCUT2D eigenvalue weighted by Crippen LogP contribution is 2.38. The van der Waals surface area contributed by atoms with Crippen LogP contribution in [0.3, 0.4) is 0 Å². The molecule has 0 aliphatic heterocycles. The van der Waals surface area contributed by atoms with Crippen molar-refractivity contribution in [3.63, 3.8) is 0 Å². The zero-order valence-corrected chi connectivity index (χ0v) is 12.5. The van der Waals surface area contributed by atoms with E-state index in [1.165, 1.54) is 5.56 Å². The van der Waals surface area contributed by atoms with Crippen LogP contribution in [0, 0.1) is 0 Å². The maximum absolute atomic E-state index is 11.6. The van der Waals surface area contributed by atoms with E-state index >= 15 is 0 Å². The van der Waals surface area contributed by atoms with E-state index < -0.39 is 16.3 Å². The van der Waals surface area contributed by atoms with Gasteiger partial charge in [0.2, 0.25) is 5.91 Å². The van der Waals surface area contributed by atoms with Gasteiger partial charge in [-0.2, -0.15) is 13.5 Å². The summed E-state index contributed by atoms with van der Waals surface area (Å²) in [6, 6.07) is 13.0. The molecular weight excluding hydrogens is 306 g/mol. The van der Waals surface area contributed by atoms with Gasteiger partial charge in [0.15, 0.2) is 0 Å². The molecular formula is C15H13NO5S. The van der Waals surface area contributed by atoms with Crippen LogP contribution in [0.5, 0.6) is 0 Å². The molecule has 114 valence electrons. The number of anilines is 1. The van der Waals surface area contributed by atoms with Gasteiger partial charge < -0.3 is 0 Å². The van der Waals surface area contributed by atoms with Crippen LogP contribution in [0.2, 0.25) is 0 Å². The van der Waals surface area contributed by atoms with Crippen molar-refractivity contribution in [3.05, 3.63) is 53.6 Å². The zero-order valence-electron chi connectivity index (χ0n) is 11.7. The number of carbonyl (C=O) groups is 1. The largest absolute Gasteiger partial charge is 0.418 e. The smallest absolute Gasteiger partial charge is 0.272 e. The summed E-state index contributed by atoms with van der Waals surface area (Å²) in [6.07, 6.45) is 0.691. The van der Waals surface area contributed by atoms with Crippen LogP contribution in [0.25, 0.3) is 11.1 Å². The van der Waals surface area contributed by atoms with Crippen molar-refractivity contribution in [2.24, 2.45) is 0 Å². The number of nitrogens with zero attached hydrogens (tertiary/aromatic N) is 1. The summed E-state index contributed by atoms with van der Waals surface area (Å²) < 4.78 is 34.9. The lowest BCUT2D eigenvalue weighted by Crippen LogP contribution is -2.31. The average molecular weight is 319 g/mol. The molecule has 0 fully saturated rings. The molecule has 6 nitrogen and oxygen atoms in total. The minimum absolute atomic E-state index is 0.247. The Labute approximate surface area is 127 Å². The highest BCUT2D eigenvalue weighted by molar-refractivity contribution is 7.81. The highest BCUT2D eigenvalue weighted by Gasteiger charge is 2.23. The first-order valence-corrected chi connectivity index (χ1v) is 7.90. The predicted octanol–water partition coefficient (Wildman–Crippen LogP) is 2.35. The lowest BCUT2D eigenvalue weighted by molar-refractivity contribution is -0.120. The van der Waals surface area contributed by atoms with E-state index in [0.29, 0.717) is 11.5 Å². The fourth-order valence-electron chi connectivity index (χ4n) is 2.63. The molecule has 0 bridgehead atoms. The minimum Gasteiger partial charge on any atom is -0.272 e. The van der Waals surface area contributed by atoms with Crippen molar-refractivity contribution < 1.29 is 22.0 Å². The number of benzene rings is 2. The Morgan fingerprint density at radius 2 is 1.82 bits per heavy atom. The monoisotopic (exact) mass is 319 g/mol.